The van der Waals surface area contributed by atoms with E-state index in [0.29, 0.717) is 0 Å². The molecule has 9 heteroatoms. The van der Waals surface area contributed by atoms with Crippen LogP contribution in [0.25, 0.3) is 0 Å². The van der Waals surface area contributed by atoms with Crippen molar-refractivity contribution in [3.63, 3.8) is 0 Å². The van der Waals surface area contributed by atoms with Crippen molar-refractivity contribution in [2.45, 2.75) is 17.9 Å². The van der Waals surface area contributed by atoms with Gasteiger partial charge in [-0.25, -0.2) is 24.2 Å². The SMILES string of the molecule is CC(CO)N(C)S(=O)(=O)c1cnc(NN)nc1. The molecule has 96 valence electrons. The number of aromatic nitrogens is 2. The Balaban J connectivity index is 3.04. The molecule has 1 aromatic heterocycles. The van der Waals surface area contributed by atoms with Crippen molar-refractivity contribution >= 4 is 16.0 Å². The molecule has 0 fully saturated rings. The highest BCUT2D eigenvalue weighted by atomic mass is 32.2. The van der Waals surface area contributed by atoms with Crippen molar-refractivity contribution in [3.8, 4) is 0 Å². The van der Waals surface area contributed by atoms with E-state index in [0.717, 1.165) is 16.7 Å². The molecule has 0 aliphatic rings. The number of nitrogens with one attached hydrogen (secondary N) is 1. The lowest BCUT2D eigenvalue weighted by molar-refractivity contribution is 0.214. The van der Waals surface area contributed by atoms with Crippen molar-refractivity contribution in [3.05, 3.63) is 12.4 Å². The van der Waals surface area contributed by atoms with Gasteiger partial charge in [-0.15, -0.1) is 0 Å². The van der Waals surface area contributed by atoms with Crippen LogP contribution >= 0.6 is 0 Å². The maximum atomic E-state index is 12.0. The quantitative estimate of drug-likeness (QED) is 0.448. The third-order valence-electron chi connectivity index (χ3n) is 2.32. The highest BCUT2D eigenvalue weighted by Crippen LogP contribution is 2.15. The molecular weight excluding hydrogens is 246 g/mol. The van der Waals surface area contributed by atoms with Crippen LogP contribution in [0.15, 0.2) is 17.3 Å². The van der Waals surface area contributed by atoms with Gasteiger partial charge in [-0.3, -0.25) is 5.43 Å². The topological polar surface area (TPSA) is 121 Å². The summed E-state index contributed by atoms with van der Waals surface area (Å²) in [6.45, 7) is 1.33. The molecule has 0 radical (unpaired) electrons. The second kappa shape index (κ2) is 5.36. The fraction of sp³-hybridized carbons (Fsp3) is 0.500. The van der Waals surface area contributed by atoms with Gasteiger partial charge in [-0.05, 0) is 6.92 Å². The molecule has 0 bridgehead atoms. The van der Waals surface area contributed by atoms with Gasteiger partial charge in [0, 0.05) is 13.1 Å². The number of likely N-dealkylation sites (N-methyl/N-ethyl adjacent to an activating group) is 1. The van der Waals surface area contributed by atoms with E-state index in [9.17, 15) is 8.42 Å². The van der Waals surface area contributed by atoms with Crippen LogP contribution in [0.4, 0.5) is 5.95 Å². The summed E-state index contributed by atoms with van der Waals surface area (Å²) in [5.41, 5.74) is 2.20. The van der Waals surface area contributed by atoms with Crippen LogP contribution in [0.3, 0.4) is 0 Å². The maximum Gasteiger partial charge on any atom is 0.246 e. The third kappa shape index (κ3) is 2.88. The molecule has 8 nitrogen and oxygen atoms in total. The fourth-order valence-corrected chi connectivity index (χ4v) is 2.29. The number of nitrogen functional groups attached to an aromatic ring is 1. The molecule has 0 saturated carbocycles. The molecule has 17 heavy (non-hydrogen) atoms. The number of rotatable bonds is 5. The van der Waals surface area contributed by atoms with E-state index < -0.39 is 16.1 Å². The molecule has 1 unspecified atom stereocenters. The molecule has 0 aromatic carbocycles. The molecule has 0 aliphatic carbocycles. The molecule has 0 spiro atoms. The third-order valence-corrected chi connectivity index (χ3v) is 4.24. The second-order valence-electron chi connectivity index (χ2n) is 3.44. The summed E-state index contributed by atoms with van der Waals surface area (Å²) < 4.78 is 25.1. The lowest BCUT2D eigenvalue weighted by atomic mass is 10.4. The second-order valence-corrected chi connectivity index (χ2v) is 5.44. The molecule has 0 saturated heterocycles. The average Bonchev–Trinajstić information content (AvgIpc) is 2.36. The first-order chi connectivity index (χ1) is 7.93. The van der Waals surface area contributed by atoms with Gasteiger partial charge >= 0.3 is 0 Å². The summed E-state index contributed by atoms with van der Waals surface area (Å²) in [6.07, 6.45) is 2.30. The van der Waals surface area contributed by atoms with Crippen molar-refractivity contribution in [1.29, 1.82) is 0 Å². The van der Waals surface area contributed by atoms with Crippen LogP contribution in [0.1, 0.15) is 6.92 Å². The van der Waals surface area contributed by atoms with Gasteiger partial charge in [0.05, 0.1) is 19.0 Å². The van der Waals surface area contributed by atoms with E-state index in [2.05, 4.69) is 15.4 Å². The highest BCUT2D eigenvalue weighted by molar-refractivity contribution is 7.89. The smallest absolute Gasteiger partial charge is 0.246 e. The van der Waals surface area contributed by atoms with Gasteiger partial charge < -0.3 is 5.11 Å². The predicted octanol–water partition coefficient (Wildman–Crippen LogP) is -1.24. The van der Waals surface area contributed by atoms with Gasteiger partial charge in [0.15, 0.2) is 0 Å². The molecule has 0 aliphatic heterocycles. The zero-order valence-electron chi connectivity index (χ0n) is 9.53. The number of aliphatic hydroxyl groups excluding tert-OH is 1. The van der Waals surface area contributed by atoms with Crippen molar-refractivity contribution in [2.24, 2.45) is 5.84 Å². The predicted molar refractivity (Wildman–Crippen MR) is 61.3 cm³/mol. The molecule has 1 heterocycles. The normalized spacial score (nSPS) is 13.7. The molecule has 4 N–H and O–H groups in total. The van der Waals surface area contributed by atoms with Gasteiger partial charge in [0.1, 0.15) is 4.90 Å². The van der Waals surface area contributed by atoms with Gasteiger partial charge in [-0.1, -0.05) is 0 Å². The number of sulfonamides is 1. The van der Waals surface area contributed by atoms with Crippen LogP contribution < -0.4 is 11.3 Å². The summed E-state index contributed by atoms with van der Waals surface area (Å²) in [7, 11) is -2.32. The Morgan fingerprint density at radius 3 is 2.47 bits per heavy atom. The minimum Gasteiger partial charge on any atom is -0.395 e. The van der Waals surface area contributed by atoms with E-state index in [1.54, 1.807) is 6.92 Å². The number of nitrogens with two attached hydrogens (primary N) is 1. The molecular formula is C8H15N5O3S. The van der Waals surface area contributed by atoms with Gasteiger partial charge in [0.2, 0.25) is 16.0 Å². The zero-order chi connectivity index (χ0) is 13.1. The van der Waals surface area contributed by atoms with E-state index >= 15 is 0 Å². The Hall–Kier alpha value is -1.29. The number of hydrazine groups is 1. The summed E-state index contributed by atoms with van der Waals surface area (Å²) in [5, 5.41) is 8.93. The zero-order valence-corrected chi connectivity index (χ0v) is 10.3. The number of hydrogen-bond acceptors (Lipinski definition) is 7. The Bertz CT molecular complexity index is 461. The summed E-state index contributed by atoms with van der Waals surface area (Å²) in [6, 6.07) is -0.521. The summed E-state index contributed by atoms with van der Waals surface area (Å²) in [5.74, 6) is 5.20. The largest absolute Gasteiger partial charge is 0.395 e. The van der Waals surface area contributed by atoms with Crippen LogP contribution in [-0.4, -0.2) is 47.5 Å². The standard InChI is InChI=1S/C8H15N5O3S/c1-6(5-14)13(2)17(15,16)7-3-10-8(12-9)11-4-7/h3-4,6,14H,5,9H2,1-2H3,(H,10,11,12). The van der Waals surface area contributed by atoms with E-state index in [4.69, 9.17) is 10.9 Å². The Morgan fingerprint density at radius 1 is 1.53 bits per heavy atom. The Morgan fingerprint density at radius 2 is 2.06 bits per heavy atom. The molecule has 1 rings (SSSR count). The fourth-order valence-electron chi connectivity index (χ4n) is 1.04. The van der Waals surface area contributed by atoms with E-state index in [1.165, 1.54) is 7.05 Å². The van der Waals surface area contributed by atoms with Crippen molar-refractivity contribution in [1.82, 2.24) is 14.3 Å². The lowest BCUT2D eigenvalue weighted by Gasteiger charge is -2.22. The van der Waals surface area contributed by atoms with Crippen LogP contribution in [0, 0.1) is 0 Å². The number of anilines is 1. The number of aliphatic hydroxyl groups is 1. The minimum atomic E-state index is -3.70. The molecule has 1 aromatic rings. The first-order valence-corrected chi connectivity index (χ1v) is 6.25. The van der Waals surface area contributed by atoms with Crippen LogP contribution in [0.5, 0.6) is 0 Å². The van der Waals surface area contributed by atoms with E-state index in [-0.39, 0.29) is 17.5 Å². The van der Waals surface area contributed by atoms with Crippen molar-refractivity contribution in [2.75, 3.05) is 19.1 Å². The maximum absolute atomic E-state index is 12.0. The Labute approximate surface area is 99.5 Å². The van der Waals surface area contributed by atoms with E-state index in [1.807, 2.05) is 0 Å². The van der Waals surface area contributed by atoms with Crippen molar-refractivity contribution < 1.29 is 13.5 Å². The Kier molecular flexibility index (Phi) is 4.34. The average molecular weight is 261 g/mol. The van der Waals surface area contributed by atoms with Gasteiger partial charge in [0.25, 0.3) is 0 Å². The number of hydrogen-bond donors (Lipinski definition) is 3. The molecule has 0 amide bonds. The number of nitrogens with zero attached hydrogens (tertiary/aromatic N) is 3. The monoisotopic (exact) mass is 261 g/mol. The summed E-state index contributed by atoms with van der Waals surface area (Å²) >= 11 is 0. The molecule has 1 atom stereocenters. The van der Waals surface area contributed by atoms with Gasteiger partial charge in [-0.2, -0.15) is 4.31 Å². The first-order valence-electron chi connectivity index (χ1n) is 4.81. The lowest BCUT2D eigenvalue weighted by Crippen LogP contribution is -2.37. The van der Waals surface area contributed by atoms with Crippen LogP contribution in [-0.2, 0) is 10.0 Å². The highest BCUT2D eigenvalue weighted by Gasteiger charge is 2.25. The first kappa shape index (κ1) is 13.8. The summed E-state index contributed by atoms with van der Waals surface area (Å²) in [4.78, 5) is 7.37. The minimum absolute atomic E-state index is 0.0562. The van der Waals surface area contributed by atoms with Crippen LogP contribution in [0.2, 0.25) is 0 Å².